The average molecular weight is 445 g/mol. The molecule has 0 fully saturated rings. The monoisotopic (exact) mass is 444 g/mol. The van der Waals surface area contributed by atoms with Crippen LogP contribution in [0.25, 0.3) is 22.7 Å². The summed E-state index contributed by atoms with van der Waals surface area (Å²) in [6.07, 6.45) is 6.06. The van der Waals surface area contributed by atoms with Gasteiger partial charge in [-0.1, -0.05) is 23.2 Å². The molecule has 10 heteroatoms. The number of nitrogens with zero attached hydrogens (tertiary/aromatic N) is 4. The number of hydrogen-bond donors (Lipinski definition) is 1. The molecule has 29 heavy (non-hydrogen) atoms. The van der Waals surface area contributed by atoms with Crippen molar-refractivity contribution < 1.29 is 14.3 Å². The topological polar surface area (TPSA) is 102 Å². The Morgan fingerprint density at radius 1 is 0.966 bits per heavy atom. The van der Waals surface area contributed by atoms with E-state index in [9.17, 15) is 4.79 Å². The van der Waals surface area contributed by atoms with E-state index < -0.39 is 5.97 Å². The number of carboxylic acids is 1. The summed E-state index contributed by atoms with van der Waals surface area (Å²) in [6, 6.07) is 8.18. The van der Waals surface area contributed by atoms with Crippen LogP contribution in [0, 0.1) is 0 Å². The van der Waals surface area contributed by atoms with Crippen LogP contribution in [0.2, 0.25) is 10.0 Å². The number of aromatic nitrogens is 4. The van der Waals surface area contributed by atoms with Gasteiger partial charge in [0.2, 0.25) is 5.89 Å². The van der Waals surface area contributed by atoms with E-state index in [-0.39, 0.29) is 5.69 Å². The molecular weight excluding hydrogens is 435 g/mol. The Hall–Kier alpha value is -2.94. The Bertz CT molecular complexity index is 1180. The van der Waals surface area contributed by atoms with Gasteiger partial charge in [0.15, 0.2) is 5.09 Å². The molecule has 0 unspecified atom stereocenters. The van der Waals surface area contributed by atoms with Crippen molar-refractivity contribution in [1.82, 2.24) is 19.9 Å². The SMILES string of the molecule is O=C(O)c1ccc(-c2nc(-c3cncc(Cl)c3)oc2Sc2ccc(Cl)cn2)cn1. The summed E-state index contributed by atoms with van der Waals surface area (Å²) >= 11 is 13.2. The molecule has 0 aliphatic heterocycles. The molecule has 0 atom stereocenters. The zero-order valence-corrected chi connectivity index (χ0v) is 16.7. The third-order valence-electron chi connectivity index (χ3n) is 3.70. The number of carbonyl (C=O) groups is 1. The van der Waals surface area contributed by atoms with E-state index >= 15 is 0 Å². The lowest BCUT2D eigenvalue weighted by atomic mass is 10.2. The van der Waals surface area contributed by atoms with Gasteiger partial charge in [0.05, 0.1) is 15.6 Å². The Morgan fingerprint density at radius 2 is 1.83 bits per heavy atom. The smallest absolute Gasteiger partial charge is 0.354 e. The Kier molecular flexibility index (Phi) is 5.48. The second kappa shape index (κ2) is 8.20. The van der Waals surface area contributed by atoms with Gasteiger partial charge in [-0.15, -0.1) is 0 Å². The molecule has 4 aromatic heterocycles. The van der Waals surface area contributed by atoms with Gasteiger partial charge in [0.1, 0.15) is 16.4 Å². The zero-order chi connectivity index (χ0) is 20.4. The molecule has 0 saturated heterocycles. The summed E-state index contributed by atoms with van der Waals surface area (Å²) in [4.78, 5) is 27.9. The van der Waals surface area contributed by atoms with Crippen molar-refractivity contribution in [2.24, 2.45) is 0 Å². The minimum atomic E-state index is -1.11. The Morgan fingerprint density at radius 3 is 2.48 bits per heavy atom. The van der Waals surface area contributed by atoms with Crippen LogP contribution < -0.4 is 0 Å². The van der Waals surface area contributed by atoms with Gasteiger partial charge in [-0.3, -0.25) is 4.98 Å². The fraction of sp³-hybridized carbons (Fsp3) is 0. The van der Waals surface area contributed by atoms with Crippen LogP contribution in [-0.4, -0.2) is 31.0 Å². The maximum atomic E-state index is 11.1. The molecule has 0 amide bonds. The van der Waals surface area contributed by atoms with Crippen molar-refractivity contribution >= 4 is 40.9 Å². The number of pyridine rings is 3. The molecule has 4 heterocycles. The average Bonchev–Trinajstić information content (AvgIpc) is 3.13. The van der Waals surface area contributed by atoms with Crippen molar-refractivity contribution in [2.75, 3.05) is 0 Å². The van der Waals surface area contributed by atoms with Crippen LogP contribution in [0.3, 0.4) is 0 Å². The summed E-state index contributed by atoms with van der Waals surface area (Å²) < 4.78 is 5.96. The molecule has 0 bridgehead atoms. The van der Waals surface area contributed by atoms with Crippen molar-refractivity contribution in [2.45, 2.75) is 10.1 Å². The lowest BCUT2D eigenvalue weighted by Crippen LogP contribution is -1.99. The normalized spacial score (nSPS) is 10.8. The summed E-state index contributed by atoms with van der Waals surface area (Å²) in [5.41, 5.74) is 1.62. The number of aromatic carboxylic acids is 1. The highest BCUT2D eigenvalue weighted by molar-refractivity contribution is 7.99. The molecule has 0 aliphatic carbocycles. The van der Waals surface area contributed by atoms with Crippen LogP contribution in [0.4, 0.5) is 0 Å². The first kappa shape index (κ1) is 19.4. The third kappa shape index (κ3) is 4.40. The minimum Gasteiger partial charge on any atom is -0.477 e. The number of hydrogen-bond acceptors (Lipinski definition) is 7. The quantitative estimate of drug-likeness (QED) is 0.439. The molecule has 0 radical (unpaired) electrons. The fourth-order valence-electron chi connectivity index (χ4n) is 2.39. The predicted molar refractivity (Wildman–Crippen MR) is 108 cm³/mol. The summed E-state index contributed by atoms with van der Waals surface area (Å²) in [5, 5.41) is 11.1. The maximum Gasteiger partial charge on any atom is 0.354 e. The molecule has 0 aromatic carbocycles. The summed E-state index contributed by atoms with van der Waals surface area (Å²) in [6.45, 7) is 0. The van der Waals surface area contributed by atoms with Gasteiger partial charge < -0.3 is 9.52 Å². The predicted octanol–water partition coefficient (Wildman–Crippen LogP) is 5.35. The summed E-state index contributed by atoms with van der Waals surface area (Å²) in [5.74, 6) is -0.795. The van der Waals surface area contributed by atoms with Gasteiger partial charge in [-0.2, -0.15) is 0 Å². The standard InChI is InChI=1S/C19H10Cl2N4O3S/c20-12-2-4-15(24-9-12)29-19-16(10-1-3-14(18(26)27)23-7-10)25-17(28-19)11-5-13(21)8-22-6-11/h1-9H,(H,26,27). The molecule has 0 spiro atoms. The first-order valence-corrected chi connectivity index (χ1v) is 9.68. The van der Waals surface area contributed by atoms with E-state index in [0.29, 0.717) is 42.9 Å². The van der Waals surface area contributed by atoms with E-state index in [1.807, 2.05) is 0 Å². The van der Waals surface area contributed by atoms with E-state index in [0.717, 1.165) is 0 Å². The summed E-state index contributed by atoms with van der Waals surface area (Å²) in [7, 11) is 0. The van der Waals surface area contributed by atoms with E-state index in [4.69, 9.17) is 32.7 Å². The molecule has 1 N–H and O–H groups in total. The second-order valence-electron chi connectivity index (χ2n) is 5.70. The molecule has 4 rings (SSSR count). The fourth-order valence-corrected chi connectivity index (χ4v) is 3.49. The largest absolute Gasteiger partial charge is 0.477 e. The van der Waals surface area contributed by atoms with E-state index in [1.165, 1.54) is 36.4 Å². The molecular formula is C19H10Cl2N4O3S. The molecule has 7 nitrogen and oxygen atoms in total. The highest BCUT2D eigenvalue weighted by Gasteiger charge is 2.19. The Labute approximate surface area is 178 Å². The number of rotatable bonds is 5. The van der Waals surface area contributed by atoms with E-state index in [2.05, 4.69) is 19.9 Å². The van der Waals surface area contributed by atoms with Crippen LogP contribution >= 0.6 is 35.0 Å². The van der Waals surface area contributed by atoms with E-state index in [1.54, 1.807) is 30.5 Å². The highest BCUT2D eigenvalue weighted by Crippen LogP contribution is 2.38. The maximum absolute atomic E-state index is 11.1. The van der Waals surface area contributed by atoms with Crippen molar-refractivity contribution in [3.8, 4) is 22.7 Å². The second-order valence-corrected chi connectivity index (χ2v) is 7.57. The van der Waals surface area contributed by atoms with Crippen LogP contribution in [0.1, 0.15) is 10.5 Å². The highest BCUT2D eigenvalue weighted by atomic mass is 35.5. The van der Waals surface area contributed by atoms with Gasteiger partial charge in [-0.05, 0) is 42.1 Å². The van der Waals surface area contributed by atoms with Crippen LogP contribution in [0.5, 0.6) is 0 Å². The van der Waals surface area contributed by atoms with Crippen molar-refractivity contribution in [1.29, 1.82) is 0 Å². The Balaban J connectivity index is 1.78. The zero-order valence-electron chi connectivity index (χ0n) is 14.4. The minimum absolute atomic E-state index is 0.0647. The van der Waals surface area contributed by atoms with Gasteiger partial charge >= 0.3 is 5.97 Å². The van der Waals surface area contributed by atoms with Crippen LogP contribution in [-0.2, 0) is 0 Å². The molecule has 0 aliphatic rings. The van der Waals surface area contributed by atoms with Gasteiger partial charge in [-0.25, -0.2) is 19.7 Å². The number of carboxylic acid groups (broad SMARTS) is 1. The molecule has 0 saturated carbocycles. The van der Waals surface area contributed by atoms with Crippen molar-refractivity contribution in [3.63, 3.8) is 0 Å². The first-order chi connectivity index (χ1) is 14.0. The van der Waals surface area contributed by atoms with Gasteiger partial charge in [0, 0.05) is 30.4 Å². The molecule has 4 aromatic rings. The van der Waals surface area contributed by atoms with Crippen LogP contribution in [0.15, 0.2) is 69.7 Å². The first-order valence-electron chi connectivity index (χ1n) is 8.10. The number of halogens is 2. The van der Waals surface area contributed by atoms with Gasteiger partial charge in [0.25, 0.3) is 0 Å². The lowest BCUT2D eigenvalue weighted by molar-refractivity contribution is 0.0690. The molecule has 144 valence electrons. The number of oxazole rings is 1. The van der Waals surface area contributed by atoms with Crippen molar-refractivity contribution in [3.05, 3.63) is 70.9 Å². The third-order valence-corrected chi connectivity index (χ3v) is 5.04. The lowest BCUT2D eigenvalue weighted by Gasteiger charge is -2.01.